The third-order valence-electron chi connectivity index (χ3n) is 4.76. The van der Waals surface area contributed by atoms with Crippen LogP contribution >= 0.6 is 22.9 Å². The monoisotopic (exact) mass is 399 g/mol. The second-order valence-electron chi connectivity index (χ2n) is 6.53. The van der Waals surface area contributed by atoms with E-state index in [1.807, 2.05) is 42.5 Å². The number of carbonyl (C=O) groups is 2. The predicted octanol–water partition coefficient (Wildman–Crippen LogP) is 4.91. The molecule has 0 fully saturated rings. The van der Waals surface area contributed by atoms with Gasteiger partial charge in [-0.05, 0) is 36.5 Å². The van der Waals surface area contributed by atoms with Crippen LogP contribution < -0.4 is 5.32 Å². The highest BCUT2D eigenvalue weighted by atomic mass is 35.5. The number of halogens is 1. The average Bonchev–Trinajstić information content (AvgIpc) is 3.03. The molecule has 1 atom stereocenters. The van der Waals surface area contributed by atoms with Crippen LogP contribution in [0.4, 0.5) is 0 Å². The highest BCUT2D eigenvalue weighted by Crippen LogP contribution is 2.35. The van der Waals surface area contributed by atoms with Crippen LogP contribution in [-0.2, 0) is 16.0 Å². The first kappa shape index (κ1) is 18.0. The summed E-state index contributed by atoms with van der Waals surface area (Å²) < 4.78 is 6.12. The Hall–Kier alpha value is -2.37. The van der Waals surface area contributed by atoms with Crippen LogP contribution in [0, 0.1) is 0 Å². The molecule has 1 aliphatic carbocycles. The lowest BCUT2D eigenvalue weighted by Gasteiger charge is -2.26. The maximum absolute atomic E-state index is 12.4. The molecule has 6 heteroatoms. The third kappa shape index (κ3) is 3.70. The smallest absolute Gasteiger partial charge is 0.350 e. The van der Waals surface area contributed by atoms with Gasteiger partial charge in [-0.25, -0.2) is 4.79 Å². The molecule has 1 aromatic heterocycles. The molecular weight excluding hydrogens is 382 g/mol. The van der Waals surface area contributed by atoms with E-state index < -0.39 is 5.97 Å². The molecule has 1 unspecified atom stereocenters. The van der Waals surface area contributed by atoms with Crippen LogP contribution in [0.3, 0.4) is 0 Å². The SMILES string of the molecule is O=C(COC(=O)c1sc2ccccc2c1Cl)NC1CCCc2ccccc21. The molecule has 1 N–H and O–H groups in total. The second kappa shape index (κ2) is 7.71. The van der Waals surface area contributed by atoms with Crippen molar-refractivity contribution in [2.45, 2.75) is 25.3 Å². The van der Waals surface area contributed by atoms with Crippen molar-refractivity contribution in [3.63, 3.8) is 0 Å². The van der Waals surface area contributed by atoms with E-state index in [0.717, 1.165) is 34.9 Å². The minimum absolute atomic E-state index is 0.0333. The number of esters is 1. The molecule has 0 saturated heterocycles. The molecule has 1 aliphatic rings. The third-order valence-corrected chi connectivity index (χ3v) is 6.41. The highest BCUT2D eigenvalue weighted by Gasteiger charge is 2.23. The van der Waals surface area contributed by atoms with Gasteiger partial charge in [-0.2, -0.15) is 0 Å². The second-order valence-corrected chi connectivity index (χ2v) is 7.96. The van der Waals surface area contributed by atoms with Gasteiger partial charge in [0.1, 0.15) is 4.88 Å². The van der Waals surface area contributed by atoms with Crippen LogP contribution in [0.25, 0.3) is 10.1 Å². The molecule has 3 aromatic rings. The van der Waals surface area contributed by atoms with Crippen molar-refractivity contribution >= 4 is 44.9 Å². The Labute approximate surface area is 166 Å². The Morgan fingerprint density at radius 3 is 2.78 bits per heavy atom. The van der Waals surface area contributed by atoms with E-state index in [4.69, 9.17) is 16.3 Å². The summed E-state index contributed by atoms with van der Waals surface area (Å²) in [7, 11) is 0. The van der Waals surface area contributed by atoms with E-state index in [2.05, 4.69) is 11.4 Å². The van der Waals surface area contributed by atoms with Crippen LogP contribution in [0.15, 0.2) is 48.5 Å². The van der Waals surface area contributed by atoms with Crippen molar-refractivity contribution in [2.75, 3.05) is 6.61 Å². The summed E-state index contributed by atoms with van der Waals surface area (Å²) in [6, 6.07) is 15.6. The molecule has 2 aromatic carbocycles. The minimum atomic E-state index is -0.569. The molecule has 0 aliphatic heterocycles. The number of aryl methyl sites for hydroxylation is 1. The summed E-state index contributed by atoms with van der Waals surface area (Å²) in [5.74, 6) is -0.873. The fourth-order valence-corrected chi connectivity index (χ4v) is 4.88. The van der Waals surface area contributed by atoms with Gasteiger partial charge in [0.15, 0.2) is 6.61 Å². The molecule has 4 nitrogen and oxygen atoms in total. The number of amides is 1. The molecule has 1 heterocycles. The first-order valence-electron chi connectivity index (χ1n) is 8.85. The van der Waals surface area contributed by atoms with Crippen molar-refractivity contribution in [3.05, 3.63) is 69.6 Å². The first-order chi connectivity index (χ1) is 13.1. The van der Waals surface area contributed by atoms with Gasteiger partial charge in [-0.15, -0.1) is 11.3 Å². The van der Waals surface area contributed by atoms with Gasteiger partial charge in [0.25, 0.3) is 5.91 Å². The largest absolute Gasteiger partial charge is 0.451 e. The number of fused-ring (bicyclic) bond motifs is 2. The zero-order valence-corrected chi connectivity index (χ0v) is 16.1. The molecule has 4 rings (SSSR count). The van der Waals surface area contributed by atoms with Crippen LogP contribution in [0.5, 0.6) is 0 Å². The maximum Gasteiger partial charge on any atom is 0.350 e. The standard InChI is InChI=1S/C21H18ClNO3S/c22-19-15-9-3-4-11-17(15)27-20(19)21(25)26-12-18(24)23-16-10-5-7-13-6-1-2-8-14(13)16/h1-4,6,8-9,11,16H,5,7,10,12H2,(H,23,24). The lowest BCUT2D eigenvalue weighted by Crippen LogP contribution is -2.34. The van der Waals surface area contributed by atoms with Crippen LogP contribution in [-0.4, -0.2) is 18.5 Å². The fourth-order valence-electron chi connectivity index (χ4n) is 3.48. The number of hydrogen-bond donors (Lipinski definition) is 1. The van der Waals surface area contributed by atoms with E-state index in [1.54, 1.807) is 0 Å². The number of ether oxygens (including phenoxy) is 1. The predicted molar refractivity (Wildman–Crippen MR) is 107 cm³/mol. The van der Waals surface area contributed by atoms with E-state index >= 15 is 0 Å². The molecular formula is C21H18ClNO3S. The Morgan fingerprint density at radius 1 is 1.15 bits per heavy atom. The van der Waals surface area contributed by atoms with Gasteiger partial charge in [0, 0.05) is 10.1 Å². The van der Waals surface area contributed by atoms with Crippen LogP contribution in [0.1, 0.15) is 39.7 Å². The highest BCUT2D eigenvalue weighted by molar-refractivity contribution is 7.21. The normalized spacial score (nSPS) is 16.0. The van der Waals surface area contributed by atoms with Gasteiger partial charge < -0.3 is 10.1 Å². The van der Waals surface area contributed by atoms with Crippen molar-refractivity contribution in [3.8, 4) is 0 Å². The maximum atomic E-state index is 12.4. The topological polar surface area (TPSA) is 55.4 Å². The van der Waals surface area contributed by atoms with E-state index in [-0.39, 0.29) is 18.6 Å². The quantitative estimate of drug-likeness (QED) is 0.634. The number of rotatable bonds is 4. The zero-order valence-electron chi connectivity index (χ0n) is 14.5. The lowest BCUT2D eigenvalue weighted by molar-refractivity contribution is -0.125. The van der Waals surface area contributed by atoms with E-state index in [1.165, 1.54) is 16.9 Å². The van der Waals surface area contributed by atoms with E-state index in [0.29, 0.717) is 9.90 Å². The summed E-state index contributed by atoms with van der Waals surface area (Å²) in [6.07, 6.45) is 2.94. The summed E-state index contributed by atoms with van der Waals surface area (Å²) in [6.45, 7) is -0.317. The Morgan fingerprint density at radius 2 is 1.93 bits per heavy atom. The fraction of sp³-hybridized carbons (Fsp3) is 0.238. The summed E-state index contributed by atoms with van der Waals surface area (Å²) in [4.78, 5) is 25.0. The molecule has 0 spiro atoms. The number of nitrogens with one attached hydrogen (secondary N) is 1. The zero-order chi connectivity index (χ0) is 18.8. The molecule has 27 heavy (non-hydrogen) atoms. The summed E-state index contributed by atoms with van der Waals surface area (Å²) >= 11 is 7.56. The van der Waals surface area contributed by atoms with Crippen LogP contribution in [0.2, 0.25) is 5.02 Å². The minimum Gasteiger partial charge on any atom is -0.451 e. The first-order valence-corrected chi connectivity index (χ1v) is 10.0. The average molecular weight is 400 g/mol. The van der Waals surface area contributed by atoms with Gasteiger partial charge in [-0.3, -0.25) is 4.79 Å². The molecule has 138 valence electrons. The number of hydrogen-bond acceptors (Lipinski definition) is 4. The van der Waals surface area contributed by atoms with Gasteiger partial charge in [0.05, 0.1) is 11.1 Å². The van der Waals surface area contributed by atoms with Gasteiger partial charge in [-0.1, -0.05) is 54.1 Å². The summed E-state index contributed by atoms with van der Waals surface area (Å²) in [5, 5.41) is 4.17. The molecule has 0 radical (unpaired) electrons. The Bertz CT molecular complexity index is 1010. The van der Waals surface area contributed by atoms with Gasteiger partial charge in [0.2, 0.25) is 0 Å². The summed E-state index contributed by atoms with van der Waals surface area (Å²) in [5.41, 5.74) is 2.42. The van der Waals surface area contributed by atoms with Crippen molar-refractivity contribution < 1.29 is 14.3 Å². The lowest BCUT2D eigenvalue weighted by atomic mass is 9.88. The van der Waals surface area contributed by atoms with E-state index in [9.17, 15) is 9.59 Å². The number of benzene rings is 2. The number of carbonyl (C=O) groups excluding carboxylic acids is 2. The number of thiophene rings is 1. The van der Waals surface area contributed by atoms with Gasteiger partial charge >= 0.3 is 5.97 Å². The Kier molecular flexibility index (Phi) is 5.14. The molecule has 0 bridgehead atoms. The molecule has 1 amide bonds. The van der Waals surface area contributed by atoms with Crippen molar-refractivity contribution in [1.82, 2.24) is 5.32 Å². The van der Waals surface area contributed by atoms with Crippen molar-refractivity contribution in [1.29, 1.82) is 0 Å². The molecule has 0 saturated carbocycles. The Balaban J connectivity index is 1.39. The van der Waals surface area contributed by atoms with Crippen molar-refractivity contribution in [2.24, 2.45) is 0 Å².